The van der Waals surface area contributed by atoms with Crippen molar-refractivity contribution in [1.82, 2.24) is 14.7 Å². The van der Waals surface area contributed by atoms with Crippen LogP contribution >= 0.6 is 34.3 Å². The summed E-state index contributed by atoms with van der Waals surface area (Å²) in [5.74, 6) is 0.473. The third-order valence-corrected chi connectivity index (χ3v) is 7.79. The number of carbonyl (C=O) groups is 2. The van der Waals surface area contributed by atoms with E-state index in [2.05, 4.69) is 12.2 Å². The van der Waals surface area contributed by atoms with E-state index in [1.807, 2.05) is 49.7 Å². The lowest BCUT2D eigenvalue weighted by molar-refractivity contribution is 0.0170. The minimum atomic E-state index is -0.522. The van der Waals surface area contributed by atoms with Gasteiger partial charge in [0.1, 0.15) is 11.4 Å². The highest BCUT2D eigenvalue weighted by molar-refractivity contribution is 7.16. The molecule has 0 aromatic carbocycles. The summed E-state index contributed by atoms with van der Waals surface area (Å²) in [7, 11) is 0. The first-order valence-electron chi connectivity index (χ1n) is 11.2. The summed E-state index contributed by atoms with van der Waals surface area (Å²) >= 11 is 9.05. The van der Waals surface area contributed by atoms with Gasteiger partial charge in [-0.1, -0.05) is 18.5 Å². The van der Waals surface area contributed by atoms with Gasteiger partial charge in [-0.05, 0) is 57.2 Å². The largest absolute Gasteiger partial charge is 0.444 e. The highest BCUT2D eigenvalue weighted by atomic mass is 35.5. The molecular weight excluding hydrogens is 492 g/mol. The van der Waals surface area contributed by atoms with E-state index in [1.165, 1.54) is 27.4 Å². The van der Waals surface area contributed by atoms with Crippen LogP contribution in [0, 0.1) is 0 Å². The summed E-state index contributed by atoms with van der Waals surface area (Å²) in [4.78, 5) is 28.5. The van der Waals surface area contributed by atoms with Crippen molar-refractivity contribution >= 4 is 52.1 Å². The molecule has 34 heavy (non-hydrogen) atoms. The lowest BCUT2D eigenvalue weighted by atomic mass is 9.77. The molecule has 3 aromatic rings. The Labute approximate surface area is 212 Å². The Morgan fingerprint density at radius 2 is 1.97 bits per heavy atom. The average Bonchev–Trinajstić information content (AvgIpc) is 3.52. The normalized spacial score (nSPS) is 15.9. The number of hydrogen-bond donors (Lipinski definition) is 1. The fourth-order valence-corrected chi connectivity index (χ4v) is 5.51. The number of nitrogens with one attached hydrogen (secondary N) is 1. The van der Waals surface area contributed by atoms with Crippen LogP contribution in [0.3, 0.4) is 0 Å². The van der Waals surface area contributed by atoms with Gasteiger partial charge in [-0.25, -0.2) is 4.79 Å². The van der Waals surface area contributed by atoms with Crippen molar-refractivity contribution in [2.45, 2.75) is 58.1 Å². The number of ether oxygens (including phenoxy) is 1. The number of anilines is 1. The molecular formula is C24H29ClN4O3S2. The maximum Gasteiger partial charge on any atom is 0.410 e. The maximum absolute atomic E-state index is 13.2. The number of nitrogens with zero attached hydrogens (tertiary/aromatic N) is 3. The Morgan fingerprint density at radius 1 is 1.24 bits per heavy atom. The quantitative estimate of drug-likeness (QED) is 0.430. The van der Waals surface area contributed by atoms with Crippen LogP contribution in [0.15, 0.2) is 35.0 Å². The molecule has 0 spiro atoms. The maximum atomic E-state index is 13.2. The Kier molecular flexibility index (Phi) is 7.07. The number of rotatable bonds is 5. The molecule has 10 heteroatoms. The van der Waals surface area contributed by atoms with Gasteiger partial charge < -0.3 is 15.0 Å². The Morgan fingerprint density at radius 3 is 2.56 bits per heavy atom. The van der Waals surface area contributed by atoms with E-state index >= 15 is 0 Å². The Hall–Kier alpha value is -2.36. The summed E-state index contributed by atoms with van der Waals surface area (Å²) in [5, 5.41) is 11.8. The van der Waals surface area contributed by atoms with E-state index < -0.39 is 5.60 Å². The van der Waals surface area contributed by atoms with Gasteiger partial charge in [0.05, 0.1) is 22.1 Å². The van der Waals surface area contributed by atoms with Crippen LogP contribution in [0.25, 0.3) is 0 Å². The summed E-state index contributed by atoms with van der Waals surface area (Å²) in [6, 6.07) is 7.60. The van der Waals surface area contributed by atoms with Crippen LogP contribution in [0.5, 0.6) is 0 Å². The summed E-state index contributed by atoms with van der Waals surface area (Å²) in [6.45, 7) is 9.45. The van der Waals surface area contributed by atoms with Crippen molar-refractivity contribution in [3.63, 3.8) is 0 Å². The molecule has 0 saturated carbocycles. The van der Waals surface area contributed by atoms with Gasteiger partial charge >= 0.3 is 6.09 Å². The topological polar surface area (TPSA) is 76.5 Å². The molecule has 7 nitrogen and oxygen atoms in total. The minimum Gasteiger partial charge on any atom is -0.444 e. The molecule has 4 heterocycles. The number of thiophene rings is 2. The van der Waals surface area contributed by atoms with Crippen LogP contribution in [0.4, 0.5) is 10.6 Å². The molecule has 182 valence electrons. The van der Waals surface area contributed by atoms with Gasteiger partial charge in [0.25, 0.3) is 5.91 Å². The Balaban J connectivity index is 1.54. The van der Waals surface area contributed by atoms with Gasteiger partial charge in [0.15, 0.2) is 0 Å². The number of halogens is 1. The predicted octanol–water partition coefficient (Wildman–Crippen LogP) is 6.25. The molecule has 1 N–H and O–H groups in total. The van der Waals surface area contributed by atoms with E-state index in [-0.39, 0.29) is 17.4 Å². The lowest BCUT2D eigenvalue weighted by Crippen LogP contribution is -2.46. The monoisotopic (exact) mass is 520 g/mol. The van der Waals surface area contributed by atoms with Gasteiger partial charge in [-0.2, -0.15) is 21.1 Å². The van der Waals surface area contributed by atoms with E-state index in [9.17, 15) is 9.59 Å². The Bertz CT molecular complexity index is 1160. The predicted molar refractivity (Wildman–Crippen MR) is 137 cm³/mol. The van der Waals surface area contributed by atoms with Crippen LogP contribution in [0.1, 0.15) is 61.5 Å². The van der Waals surface area contributed by atoms with Crippen LogP contribution in [-0.2, 0) is 16.7 Å². The van der Waals surface area contributed by atoms with Crippen molar-refractivity contribution < 1.29 is 14.3 Å². The van der Waals surface area contributed by atoms with Gasteiger partial charge in [-0.3, -0.25) is 4.79 Å². The summed E-state index contributed by atoms with van der Waals surface area (Å²) in [5.41, 5.74) is 0.659. The third-order valence-electron chi connectivity index (χ3n) is 5.88. The molecule has 0 radical (unpaired) electrons. The number of aromatic nitrogens is 2. The zero-order valence-electron chi connectivity index (χ0n) is 19.8. The second kappa shape index (κ2) is 9.71. The van der Waals surface area contributed by atoms with Crippen molar-refractivity contribution in [3.05, 3.63) is 55.5 Å². The molecule has 1 fully saturated rings. The van der Waals surface area contributed by atoms with Crippen LogP contribution in [-0.4, -0.2) is 45.4 Å². The number of carbonyl (C=O) groups excluding carboxylic acids is 2. The number of hydrogen-bond acceptors (Lipinski definition) is 7. The molecule has 1 aliphatic heterocycles. The zero-order chi connectivity index (χ0) is 24.5. The van der Waals surface area contributed by atoms with Crippen molar-refractivity contribution in [3.8, 4) is 0 Å². The average molecular weight is 521 g/mol. The fraction of sp³-hybridized carbons (Fsp3) is 0.458. The zero-order valence-corrected chi connectivity index (χ0v) is 22.1. The highest BCUT2D eigenvalue weighted by Gasteiger charge is 2.37. The second-order valence-electron chi connectivity index (χ2n) is 9.73. The van der Waals surface area contributed by atoms with Gasteiger partial charge in [0, 0.05) is 34.8 Å². The minimum absolute atomic E-state index is 0.172. The molecule has 4 rings (SSSR count). The van der Waals surface area contributed by atoms with Gasteiger partial charge in [0.2, 0.25) is 0 Å². The third kappa shape index (κ3) is 5.64. The fourth-order valence-electron chi connectivity index (χ4n) is 3.86. The van der Waals surface area contributed by atoms with Gasteiger partial charge in [-0.15, -0.1) is 11.3 Å². The molecule has 1 saturated heterocycles. The molecule has 3 aromatic heterocycles. The van der Waals surface area contributed by atoms with Crippen molar-refractivity contribution in [2.75, 3.05) is 18.4 Å². The molecule has 0 atom stereocenters. The first-order chi connectivity index (χ1) is 16.0. The standard InChI is InChI=1S/C24H29ClN4O3S2/c1-23(2,3)32-22(31)28-10-8-24(4,9-11-28)18-13-20(26-14-17-5-6-19(25)34-17)29(27-18)21(30)16-7-12-33-15-16/h5-7,12-13,15,26H,8-11,14H2,1-4H3. The van der Waals surface area contributed by atoms with Crippen LogP contribution in [0.2, 0.25) is 4.34 Å². The number of piperidine rings is 1. The SMILES string of the molecule is CC(C)(C)OC(=O)N1CCC(C)(c2cc(NCc3ccc(Cl)s3)n(C(=O)c3ccsc3)n2)CC1. The first-order valence-corrected chi connectivity index (χ1v) is 13.3. The number of amides is 1. The van der Waals surface area contributed by atoms with E-state index in [0.29, 0.717) is 31.0 Å². The summed E-state index contributed by atoms with van der Waals surface area (Å²) < 4.78 is 7.71. The van der Waals surface area contributed by atoms with E-state index in [0.717, 1.165) is 27.7 Å². The molecule has 0 unspecified atom stereocenters. The van der Waals surface area contributed by atoms with E-state index in [4.69, 9.17) is 21.4 Å². The highest BCUT2D eigenvalue weighted by Crippen LogP contribution is 2.36. The second-order valence-corrected chi connectivity index (χ2v) is 12.3. The number of likely N-dealkylation sites (tertiary alicyclic amines) is 1. The first kappa shape index (κ1) is 24.8. The van der Waals surface area contributed by atoms with E-state index in [1.54, 1.807) is 11.0 Å². The van der Waals surface area contributed by atoms with Crippen molar-refractivity contribution in [2.24, 2.45) is 0 Å². The summed E-state index contributed by atoms with van der Waals surface area (Å²) in [6.07, 6.45) is 1.18. The molecule has 0 aliphatic carbocycles. The molecule has 1 aliphatic rings. The van der Waals surface area contributed by atoms with Crippen molar-refractivity contribution in [1.29, 1.82) is 0 Å². The lowest BCUT2D eigenvalue weighted by Gasteiger charge is -2.38. The smallest absolute Gasteiger partial charge is 0.410 e. The molecule has 1 amide bonds. The molecule has 0 bridgehead atoms. The van der Waals surface area contributed by atoms with Crippen LogP contribution < -0.4 is 5.32 Å².